The van der Waals surface area contributed by atoms with Gasteiger partial charge in [0.25, 0.3) is 5.56 Å². The number of hydrogen-bond donors (Lipinski definition) is 1. The Balaban J connectivity index is 2.24. The Morgan fingerprint density at radius 3 is 3.00 bits per heavy atom. The SMILES string of the molecule is CC(Cn1ccnc1)n1ccc(=O)[nH]c1=S. The first-order valence-electron chi connectivity index (χ1n) is 4.94. The smallest absolute Gasteiger partial charge is 0.251 e. The molecule has 0 spiro atoms. The molecule has 2 rings (SSSR count). The second-order valence-corrected chi connectivity index (χ2v) is 4.01. The van der Waals surface area contributed by atoms with Gasteiger partial charge in [-0.25, -0.2) is 4.98 Å². The molecule has 1 unspecified atom stereocenters. The summed E-state index contributed by atoms with van der Waals surface area (Å²) >= 11 is 5.09. The van der Waals surface area contributed by atoms with Crippen LogP contribution in [0.3, 0.4) is 0 Å². The minimum Gasteiger partial charge on any atom is -0.335 e. The monoisotopic (exact) mass is 236 g/mol. The lowest BCUT2D eigenvalue weighted by Crippen LogP contribution is -2.17. The lowest BCUT2D eigenvalue weighted by Gasteiger charge is -2.15. The van der Waals surface area contributed by atoms with Gasteiger partial charge in [0, 0.05) is 31.2 Å². The van der Waals surface area contributed by atoms with Crippen LogP contribution in [0.2, 0.25) is 0 Å². The predicted octanol–water partition coefficient (Wildman–Crippen LogP) is 1.36. The molecular formula is C10H12N4OS. The molecule has 0 bridgehead atoms. The van der Waals surface area contributed by atoms with Crippen LogP contribution < -0.4 is 5.56 Å². The number of aromatic nitrogens is 4. The molecule has 2 heterocycles. The van der Waals surface area contributed by atoms with Crippen LogP contribution in [0.4, 0.5) is 0 Å². The van der Waals surface area contributed by atoms with Crippen LogP contribution in [0.5, 0.6) is 0 Å². The number of hydrogen-bond acceptors (Lipinski definition) is 3. The summed E-state index contributed by atoms with van der Waals surface area (Å²) in [7, 11) is 0. The topological polar surface area (TPSA) is 55.6 Å². The molecule has 0 saturated heterocycles. The largest absolute Gasteiger partial charge is 0.335 e. The van der Waals surface area contributed by atoms with Crippen molar-refractivity contribution >= 4 is 12.2 Å². The number of nitrogens with one attached hydrogen (secondary N) is 1. The van der Waals surface area contributed by atoms with Crippen LogP contribution in [0.1, 0.15) is 13.0 Å². The number of rotatable bonds is 3. The number of H-pyrrole nitrogens is 1. The molecule has 0 saturated carbocycles. The fourth-order valence-corrected chi connectivity index (χ4v) is 1.90. The maximum atomic E-state index is 11.0. The van der Waals surface area contributed by atoms with Gasteiger partial charge in [0.2, 0.25) is 0 Å². The van der Waals surface area contributed by atoms with Crippen LogP contribution in [-0.2, 0) is 6.54 Å². The summed E-state index contributed by atoms with van der Waals surface area (Å²) < 4.78 is 4.27. The highest BCUT2D eigenvalue weighted by Crippen LogP contribution is 2.07. The van der Waals surface area contributed by atoms with Crippen molar-refractivity contribution in [1.29, 1.82) is 0 Å². The third-order valence-electron chi connectivity index (χ3n) is 2.36. The summed E-state index contributed by atoms with van der Waals surface area (Å²) in [6, 6.07) is 1.64. The summed E-state index contributed by atoms with van der Waals surface area (Å²) in [4.78, 5) is 17.6. The van der Waals surface area contributed by atoms with E-state index >= 15 is 0 Å². The first-order chi connectivity index (χ1) is 7.66. The van der Waals surface area contributed by atoms with Gasteiger partial charge in [-0.05, 0) is 19.1 Å². The molecule has 0 aliphatic carbocycles. The fourth-order valence-electron chi connectivity index (χ4n) is 1.56. The summed E-state index contributed by atoms with van der Waals surface area (Å²) in [6.45, 7) is 2.80. The van der Waals surface area contributed by atoms with Crippen molar-refractivity contribution in [2.75, 3.05) is 0 Å². The highest BCUT2D eigenvalue weighted by atomic mass is 32.1. The minimum atomic E-state index is -0.170. The van der Waals surface area contributed by atoms with Crippen molar-refractivity contribution in [3.63, 3.8) is 0 Å². The van der Waals surface area contributed by atoms with E-state index in [1.165, 1.54) is 6.07 Å². The Morgan fingerprint density at radius 2 is 2.38 bits per heavy atom. The Kier molecular flexibility index (Phi) is 3.00. The standard InChI is InChI=1S/C10H12N4OS/c1-8(6-13-5-3-11-7-13)14-4-2-9(15)12-10(14)16/h2-5,7-8H,6H2,1H3,(H,12,15,16). The van der Waals surface area contributed by atoms with Gasteiger partial charge in [0.05, 0.1) is 12.4 Å². The second-order valence-electron chi connectivity index (χ2n) is 3.63. The van der Waals surface area contributed by atoms with E-state index < -0.39 is 0 Å². The Hall–Kier alpha value is -1.69. The van der Waals surface area contributed by atoms with Gasteiger partial charge < -0.3 is 9.13 Å². The highest BCUT2D eigenvalue weighted by Gasteiger charge is 2.05. The lowest BCUT2D eigenvalue weighted by atomic mass is 10.3. The Bertz CT molecular complexity index is 569. The normalized spacial score (nSPS) is 12.6. The van der Waals surface area contributed by atoms with Gasteiger partial charge in [0.1, 0.15) is 0 Å². The van der Waals surface area contributed by atoms with E-state index in [9.17, 15) is 4.79 Å². The van der Waals surface area contributed by atoms with Crippen molar-refractivity contribution in [2.24, 2.45) is 0 Å². The fraction of sp³-hybridized carbons (Fsp3) is 0.300. The molecular weight excluding hydrogens is 224 g/mol. The summed E-state index contributed by atoms with van der Waals surface area (Å²) in [5.74, 6) is 0. The molecule has 2 aromatic heterocycles. The molecule has 0 aliphatic rings. The summed E-state index contributed by atoms with van der Waals surface area (Å²) in [5, 5.41) is 0. The third-order valence-corrected chi connectivity index (χ3v) is 2.67. The molecule has 0 fully saturated rings. The van der Waals surface area contributed by atoms with E-state index in [0.717, 1.165) is 6.54 Å². The molecule has 1 atom stereocenters. The van der Waals surface area contributed by atoms with Gasteiger partial charge in [0.15, 0.2) is 4.77 Å². The molecule has 1 N–H and O–H groups in total. The van der Waals surface area contributed by atoms with Gasteiger partial charge in [-0.15, -0.1) is 0 Å². The van der Waals surface area contributed by atoms with E-state index in [1.54, 1.807) is 18.7 Å². The van der Waals surface area contributed by atoms with Crippen molar-refractivity contribution in [1.82, 2.24) is 19.1 Å². The van der Waals surface area contributed by atoms with Crippen LogP contribution >= 0.6 is 12.2 Å². The maximum absolute atomic E-state index is 11.0. The first-order valence-corrected chi connectivity index (χ1v) is 5.35. The summed E-state index contributed by atoms with van der Waals surface area (Å²) in [6.07, 6.45) is 7.10. The number of nitrogens with zero attached hydrogens (tertiary/aromatic N) is 3. The van der Waals surface area contributed by atoms with E-state index in [4.69, 9.17) is 12.2 Å². The second kappa shape index (κ2) is 4.44. The maximum Gasteiger partial charge on any atom is 0.251 e. The van der Waals surface area contributed by atoms with Crippen molar-refractivity contribution in [2.45, 2.75) is 19.5 Å². The zero-order valence-corrected chi connectivity index (χ0v) is 9.65. The zero-order valence-electron chi connectivity index (χ0n) is 8.83. The predicted molar refractivity (Wildman–Crippen MR) is 62.8 cm³/mol. The third kappa shape index (κ3) is 2.27. The zero-order chi connectivity index (χ0) is 11.5. The molecule has 6 heteroatoms. The molecule has 84 valence electrons. The highest BCUT2D eigenvalue weighted by molar-refractivity contribution is 7.71. The average molecular weight is 236 g/mol. The van der Waals surface area contributed by atoms with Gasteiger partial charge in [-0.3, -0.25) is 9.78 Å². The van der Waals surface area contributed by atoms with Crippen molar-refractivity contribution in [3.05, 3.63) is 46.1 Å². The van der Waals surface area contributed by atoms with Crippen molar-refractivity contribution < 1.29 is 0 Å². The molecule has 0 radical (unpaired) electrons. The van der Waals surface area contributed by atoms with Crippen LogP contribution in [0, 0.1) is 4.77 Å². The molecule has 0 aliphatic heterocycles. The van der Waals surface area contributed by atoms with Crippen LogP contribution in [0.15, 0.2) is 35.8 Å². The van der Waals surface area contributed by atoms with E-state index in [-0.39, 0.29) is 11.6 Å². The van der Waals surface area contributed by atoms with Gasteiger partial charge in [-0.2, -0.15) is 0 Å². The van der Waals surface area contributed by atoms with Crippen LogP contribution in [-0.4, -0.2) is 19.1 Å². The van der Waals surface area contributed by atoms with E-state index in [0.29, 0.717) is 4.77 Å². The first kappa shape index (κ1) is 10.8. The molecule has 16 heavy (non-hydrogen) atoms. The van der Waals surface area contributed by atoms with Crippen LogP contribution in [0.25, 0.3) is 0 Å². The minimum absolute atomic E-state index is 0.165. The number of aromatic amines is 1. The average Bonchev–Trinajstić information content (AvgIpc) is 2.70. The lowest BCUT2D eigenvalue weighted by molar-refractivity contribution is 0.452. The number of imidazole rings is 1. The van der Waals surface area contributed by atoms with E-state index in [1.807, 2.05) is 22.3 Å². The Morgan fingerprint density at radius 1 is 1.56 bits per heavy atom. The molecule has 0 aromatic carbocycles. The van der Waals surface area contributed by atoms with Gasteiger partial charge in [-0.1, -0.05) is 0 Å². The summed E-state index contributed by atoms with van der Waals surface area (Å²) in [5.41, 5.74) is -0.170. The molecule has 5 nitrogen and oxygen atoms in total. The molecule has 0 amide bonds. The van der Waals surface area contributed by atoms with Gasteiger partial charge >= 0.3 is 0 Å². The van der Waals surface area contributed by atoms with Crippen molar-refractivity contribution in [3.8, 4) is 0 Å². The Labute approximate surface area is 97.4 Å². The molecule has 2 aromatic rings. The van der Waals surface area contributed by atoms with E-state index in [2.05, 4.69) is 9.97 Å². The quantitative estimate of drug-likeness (QED) is 0.819.